The van der Waals surface area contributed by atoms with Crippen molar-refractivity contribution < 1.29 is 36.9 Å². The number of rotatable bonds is 26. The second kappa shape index (κ2) is 22.9. The topological polar surface area (TPSA) is 54.0 Å². The maximum absolute atomic E-state index is 14.0. The normalized spacial score (nSPS) is 18.5. The quantitative estimate of drug-likeness (QED) is 0.0725. The van der Waals surface area contributed by atoms with Gasteiger partial charge < -0.3 is 18.9 Å². The SMILES string of the molecule is CO[C@](C(=O)O[C@H](C)CCCCCCCCCCCCCCCCCCCCC[C@@H]1CCOC(C)(C)O1)(c1ccccc1)C(F)(F)F. The summed E-state index contributed by atoms with van der Waals surface area (Å²) < 4.78 is 63.8. The van der Waals surface area contributed by atoms with Gasteiger partial charge in [-0.25, -0.2) is 4.79 Å². The Hall–Kier alpha value is -1.64. The van der Waals surface area contributed by atoms with Crippen LogP contribution in [0.2, 0.25) is 0 Å². The molecule has 2 rings (SSSR count). The number of carbonyl (C=O) groups excluding carboxylic acids is 1. The number of alkyl halides is 3. The molecule has 8 heteroatoms. The highest BCUT2D eigenvalue weighted by molar-refractivity contribution is 5.82. The predicted molar refractivity (Wildman–Crippen MR) is 183 cm³/mol. The summed E-state index contributed by atoms with van der Waals surface area (Å²) in [4.78, 5) is 12.7. The first-order valence-electron chi connectivity index (χ1n) is 18.7. The van der Waals surface area contributed by atoms with Crippen molar-refractivity contribution in [2.75, 3.05) is 13.7 Å². The Morgan fingerprint density at radius 2 is 1.23 bits per heavy atom. The van der Waals surface area contributed by atoms with Gasteiger partial charge in [-0.1, -0.05) is 146 Å². The predicted octanol–water partition coefficient (Wildman–Crippen LogP) is 11.8. The molecular weight excluding hydrogens is 605 g/mol. The summed E-state index contributed by atoms with van der Waals surface area (Å²) in [5, 5.41) is 0. The molecule has 0 amide bonds. The van der Waals surface area contributed by atoms with E-state index in [1.54, 1.807) is 13.0 Å². The molecular formula is C39H65F3O5. The molecule has 0 unspecified atom stereocenters. The van der Waals surface area contributed by atoms with Gasteiger partial charge in [0.2, 0.25) is 0 Å². The maximum Gasteiger partial charge on any atom is 0.432 e. The van der Waals surface area contributed by atoms with Crippen LogP contribution in [0, 0.1) is 0 Å². The van der Waals surface area contributed by atoms with Crippen molar-refractivity contribution in [2.24, 2.45) is 0 Å². The van der Waals surface area contributed by atoms with Gasteiger partial charge in [0.1, 0.15) is 0 Å². The van der Waals surface area contributed by atoms with E-state index in [-0.39, 0.29) is 5.56 Å². The van der Waals surface area contributed by atoms with Crippen LogP contribution in [-0.4, -0.2) is 43.9 Å². The van der Waals surface area contributed by atoms with E-state index in [1.165, 1.54) is 133 Å². The van der Waals surface area contributed by atoms with Crippen molar-refractivity contribution in [3.63, 3.8) is 0 Å². The van der Waals surface area contributed by atoms with Crippen molar-refractivity contribution in [1.29, 1.82) is 0 Å². The summed E-state index contributed by atoms with van der Waals surface area (Å²) in [6, 6.07) is 6.96. The minimum atomic E-state index is -4.94. The first-order chi connectivity index (χ1) is 22.5. The van der Waals surface area contributed by atoms with Gasteiger partial charge in [0, 0.05) is 12.7 Å². The molecule has 1 aliphatic heterocycles. The van der Waals surface area contributed by atoms with E-state index < -0.39 is 29.6 Å². The molecule has 47 heavy (non-hydrogen) atoms. The van der Waals surface area contributed by atoms with E-state index in [1.807, 2.05) is 13.8 Å². The molecule has 1 aliphatic rings. The number of hydrogen-bond donors (Lipinski definition) is 0. The van der Waals surface area contributed by atoms with E-state index in [4.69, 9.17) is 18.9 Å². The number of methoxy groups -OCH3 is 1. The van der Waals surface area contributed by atoms with Crippen molar-refractivity contribution in [2.45, 2.75) is 192 Å². The number of halogens is 3. The summed E-state index contributed by atoms with van der Waals surface area (Å²) in [6.07, 6.45) is 21.6. The summed E-state index contributed by atoms with van der Waals surface area (Å²) in [5.41, 5.74) is -3.40. The number of hydrogen-bond acceptors (Lipinski definition) is 5. The zero-order valence-corrected chi connectivity index (χ0v) is 30.0. The molecule has 272 valence electrons. The van der Waals surface area contributed by atoms with Gasteiger partial charge in [0.25, 0.3) is 5.60 Å². The fraction of sp³-hybridized carbons (Fsp3) is 0.821. The Bertz CT molecular complexity index is 938. The molecule has 3 atom stereocenters. The smallest absolute Gasteiger partial charge is 0.432 e. The van der Waals surface area contributed by atoms with Crippen molar-refractivity contribution in [3.05, 3.63) is 35.9 Å². The zero-order valence-electron chi connectivity index (χ0n) is 30.0. The molecule has 0 radical (unpaired) electrons. The van der Waals surface area contributed by atoms with Crippen molar-refractivity contribution in [1.82, 2.24) is 0 Å². The molecule has 1 saturated heterocycles. The van der Waals surface area contributed by atoms with E-state index >= 15 is 0 Å². The third-order valence-corrected chi connectivity index (χ3v) is 9.46. The van der Waals surface area contributed by atoms with E-state index in [2.05, 4.69) is 0 Å². The minimum absolute atomic E-state index is 0.280. The van der Waals surface area contributed by atoms with Crippen molar-refractivity contribution in [3.8, 4) is 0 Å². The molecule has 0 saturated carbocycles. The van der Waals surface area contributed by atoms with Crippen LogP contribution in [0.15, 0.2) is 30.3 Å². The van der Waals surface area contributed by atoms with E-state index in [9.17, 15) is 18.0 Å². The Kier molecular flexibility index (Phi) is 20.2. The molecule has 1 fully saturated rings. The fourth-order valence-electron chi connectivity index (χ4n) is 6.65. The van der Waals surface area contributed by atoms with Crippen LogP contribution in [0.4, 0.5) is 13.2 Å². The van der Waals surface area contributed by atoms with Crippen LogP contribution in [0.25, 0.3) is 0 Å². The lowest BCUT2D eigenvalue weighted by Gasteiger charge is -2.36. The Labute approximate surface area is 284 Å². The third-order valence-electron chi connectivity index (χ3n) is 9.46. The number of ether oxygens (including phenoxy) is 4. The van der Waals surface area contributed by atoms with E-state index in [0.29, 0.717) is 12.5 Å². The van der Waals surface area contributed by atoms with Gasteiger partial charge in [-0.15, -0.1) is 0 Å². The van der Waals surface area contributed by atoms with Crippen LogP contribution in [0.1, 0.15) is 168 Å². The van der Waals surface area contributed by atoms with Gasteiger partial charge in [-0.2, -0.15) is 13.2 Å². The van der Waals surface area contributed by atoms with Gasteiger partial charge in [-0.3, -0.25) is 0 Å². The molecule has 0 aliphatic carbocycles. The highest BCUT2D eigenvalue weighted by atomic mass is 19.4. The summed E-state index contributed by atoms with van der Waals surface area (Å²) in [6.45, 7) is 6.50. The second-order valence-electron chi connectivity index (χ2n) is 14.0. The summed E-state index contributed by atoms with van der Waals surface area (Å²) >= 11 is 0. The van der Waals surface area contributed by atoms with Gasteiger partial charge in [0.15, 0.2) is 5.79 Å². The zero-order chi connectivity index (χ0) is 34.4. The molecule has 1 aromatic carbocycles. The largest absolute Gasteiger partial charge is 0.460 e. The third kappa shape index (κ3) is 16.1. The van der Waals surface area contributed by atoms with Crippen LogP contribution in [-0.2, 0) is 29.3 Å². The molecule has 1 aromatic rings. The highest BCUT2D eigenvalue weighted by Crippen LogP contribution is 2.43. The molecule has 0 N–H and O–H groups in total. The Morgan fingerprint density at radius 1 is 0.787 bits per heavy atom. The standard InChI is InChI=1S/C39H65F3O5/c1-33(46-36(43)38(44-4,39(40,41)42)34-28-24-22-25-29-34)27-23-20-18-16-14-12-10-8-6-5-7-9-11-13-15-17-19-21-26-30-35-31-32-45-37(2,3)47-35/h22,24-25,28-29,33,35H,5-21,23,26-27,30-32H2,1-4H3/t33-,35-,38+/m1/s1. The lowest BCUT2D eigenvalue weighted by atomic mass is 9.92. The van der Waals surface area contributed by atoms with Gasteiger partial charge in [0.05, 0.1) is 18.8 Å². The fourth-order valence-corrected chi connectivity index (χ4v) is 6.65. The number of esters is 1. The second-order valence-corrected chi connectivity index (χ2v) is 14.0. The average molecular weight is 671 g/mol. The molecule has 5 nitrogen and oxygen atoms in total. The van der Waals surface area contributed by atoms with Crippen molar-refractivity contribution >= 4 is 5.97 Å². The number of carbonyl (C=O) groups is 1. The highest BCUT2D eigenvalue weighted by Gasteiger charge is 2.64. The lowest BCUT2D eigenvalue weighted by molar-refractivity contribution is -0.278. The minimum Gasteiger partial charge on any atom is -0.460 e. The van der Waals surface area contributed by atoms with E-state index in [0.717, 1.165) is 39.4 Å². The Morgan fingerprint density at radius 3 is 1.66 bits per heavy atom. The van der Waals surface area contributed by atoms with Gasteiger partial charge >= 0.3 is 12.1 Å². The molecule has 0 spiro atoms. The summed E-state index contributed by atoms with van der Waals surface area (Å²) in [7, 11) is 0.893. The first-order valence-corrected chi connectivity index (χ1v) is 18.7. The van der Waals surface area contributed by atoms with Crippen LogP contribution in [0.3, 0.4) is 0 Å². The van der Waals surface area contributed by atoms with Crippen LogP contribution < -0.4 is 0 Å². The molecule has 0 bridgehead atoms. The number of benzene rings is 1. The van der Waals surface area contributed by atoms with Gasteiger partial charge in [-0.05, 0) is 46.5 Å². The lowest BCUT2D eigenvalue weighted by Crippen LogP contribution is -2.52. The molecule has 0 aromatic heterocycles. The first kappa shape index (κ1) is 41.5. The average Bonchev–Trinajstić information content (AvgIpc) is 3.01. The van der Waals surface area contributed by atoms with Crippen LogP contribution >= 0.6 is 0 Å². The monoisotopic (exact) mass is 670 g/mol. The maximum atomic E-state index is 14.0. The number of unbranched alkanes of at least 4 members (excludes halogenated alkanes) is 18. The molecule has 1 heterocycles. The summed E-state index contributed by atoms with van der Waals surface area (Å²) in [5.74, 6) is -1.82. The van der Waals surface area contributed by atoms with Crippen LogP contribution in [0.5, 0.6) is 0 Å². The Balaban J connectivity index is 1.36.